The molecule has 1 fully saturated rings. The molecule has 1 heterocycles. The van der Waals surface area contributed by atoms with E-state index in [0.29, 0.717) is 11.6 Å². The van der Waals surface area contributed by atoms with Gasteiger partial charge >= 0.3 is 0 Å². The van der Waals surface area contributed by atoms with Crippen LogP contribution in [-0.4, -0.2) is 20.9 Å². The van der Waals surface area contributed by atoms with Gasteiger partial charge in [0.1, 0.15) is 17.7 Å². The van der Waals surface area contributed by atoms with Gasteiger partial charge in [-0.05, 0) is 25.2 Å². The first-order valence-electron chi connectivity index (χ1n) is 8.15. The highest BCUT2D eigenvalue weighted by Crippen LogP contribution is 2.34. The lowest BCUT2D eigenvalue weighted by Gasteiger charge is -2.25. The normalized spacial score (nSPS) is 17.3. The molecule has 0 unspecified atom stereocenters. The van der Waals surface area contributed by atoms with Gasteiger partial charge < -0.3 is 5.73 Å². The zero-order valence-corrected chi connectivity index (χ0v) is 13.2. The van der Waals surface area contributed by atoms with Crippen LogP contribution >= 0.6 is 0 Å². The molecule has 22 heavy (non-hydrogen) atoms. The van der Waals surface area contributed by atoms with Crippen LogP contribution in [0.3, 0.4) is 0 Å². The molecule has 2 rings (SSSR count). The fourth-order valence-corrected chi connectivity index (χ4v) is 3.13. The molecule has 0 spiro atoms. The molecule has 0 bridgehead atoms. The predicted molar refractivity (Wildman–Crippen MR) is 82.3 cm³/mol. The van der Waals surface area contributed by atoms with Crippen molar-refractivity contribution in [2.45, 2.75) is 64.3 Å². The first-order chi connectivity index (χ1) is 10.7. The van der Waals surface area contributed by atoms with E-state index in [1.165, 1.54) is 6.42 Å². The van der Waals surface area contributed by atoms with Crippen molar-refractivity contribution in [3.05, 3.63) is 17.8 Å². The molecule has 1 aromatic rings. The van der Waals surface area contributed by atoms with Gasteiger partial charge in [0.2, 0.25) is 5.91 Å². The van der Waals surface area contributed by atoms with Crippen molar-refractivity contribution in [2.75, 3.05) is 0 Å². The topological polar surface area (TPSA) is 97.6 Å². The third-order valence-corrected chi connectivity index (χ3v) is 4.36. The largest absolute Gasteiger partial charge is 0.369 e. The molecule has 1 amide bonds. The minimum atomic E-state index is -0.416. The van der Waals surface area contributed by atoms with Crippen LogP contribution in [0.5, 0.6) is 0 Å². The summed E-state index contributed by atoms with van der Waals surface area (Å²) in [5.74, 6) is 0.340. The van der Waals surface area contributed by atoms with Crippen molar-refractivity contribution in [3.63, 3.8) is 0 Å². The Labute approximate surface area is 131 Å². The molecule has 1 atom stereocenters. The van der Waals surface area contributed by atoms with Gasteiger partial charge in [0.15, 0.2) is 0 Å². The number of aromatic nitrogens is 3. The van der Waals surface area contributed by atoms with Crippen LogP contribution in [0.15, 0.2) is 6.20 Å². The van der Waals surface area contributed by atoms with Gasteiger partial charge in [-0.3, -0.25) is 4.79 Å². The third kappa shape index (κ3) is 3.85. The smallest absolute Gasteiger partial charge is 0.231 e. The molecule has 1 saturated carbocycles. The molecular formula is C16H24N5O. The minimum absolute atomic E-state index is 0.174. The lowest BCUT2D eigenvalue weighted by molar-refractivity contribution is -0.116. The summed E-state index contributed by atoms with van der Waals surface area (Å²) < 4.78 is 1.57. The molecule has 1 radical (unpaired) electrons. The Morgan fingerprint density at radius 1 is 1.50 bits per heavy atom. The maximum atomic E-state index is 11.9. The van der Waals surface area contributed by atoms with Gasteiger partial charge in [-0.2, -0.15) is 5.26 Å². The molecule has 2 N–H and O–H groups in total. The van der Waals surface area contributed by atoms with Crippen molar-refractivity contribution in [1.29, 1.82) is 5.26 Å². The predicted octanol–water partition coefficient (Wildman–Crippen LogP) is 2.52. The van der Waals surface area contributed by atoms with E-state index in [9.17, 15) is 10.1 Å². The number of unbranched alkanes of at least 4 members (excludes halogenated alkanes) is 1. The highest BCUT2D eigenvalue weighted by atomic mass is 16.1. The van der Waals surface area contributed by atoms with Gasteiger partial charge in [0, 0.05) is 0 Å². The Kier molecular flexibility index (Phi) is 5.93. The van der Waals surface area contributed by atoms with Gasteiger partial charge in [-0.15, -0.1) is 5.10 Å². The monoisotopic (exact) mass is 302 g/mol. The second-order valence-corrected chi connectivity index (χ2v) is 5.98. The Morgan fingerprint density at radius 2 is 2.23 bits per heavy atom. The standard InChI is InChI=1S/C16H24N5O/c1-2-3-9-13(10-17)21-11-14(19-20-21)15(16(18)22)12-7-5-4-6-8-12/h11-13H,2-9H2,1H3,(H2,18,22)/t13-/m0/s1. The highest BCUT2D eigenvalue weighted by molar-refractivity contribution is 5.92. The average Bonchev–Trinajstić information content (AvgIpc) is 2.98. The number of hydrogen-bond acceptors (Lipinski definition) is 4. The van der Waals surface area contributed by atoms with Gasteiger partial charge in [-0.1, -0.05) is 44.2 Å². The number of carbonyl (C=O) groups is 1. The van der Waals surface area contributed by atoms with Gasteiger partial charge in [0.05, 0.1) is 12.3 Å². The van der Waals surface area contributed by atoms with E-state index in [1.54, 1.807) is 10.9 Å². The number of nitriles is 1. The van der Waals surface area contributed by atoms with Crippen molar-refractivity contribution in [2.24, 2.45) is 11.7 Å². The fourth-order valence-electron chi connectivity index (χ4n) is 3.13. The molecule has 1 aromatic heterocycles. The third-order valence-electron chi connectivity index (χ3n) is 4.36. The molecule has 0 aromatic carbocycles. The van der Waals surface area contributed by atoms with E-state index in [2.05, 4.69) is 23.3 Å². The summed E-state index contributed by atoms with van der Waals surface area (Å²) in [7, 11) is 0. The summed E-state index contributed by atoms with van der Waals surface area (Å²) in [4.78, 5) is 11.9. The molecule has 0 saturated heterocycles. The van der Waals surface area contributed by atoms with E-state index in [-0.39, 0.29) is 12.0 Å². The van der Waals surface area contributed by atoms with Crippen molar-refractivity contribution < 1.29 is 4.79 Å². The van der Waals surface area contributed by atoms with Gasteiger partial charge in [-0.25, -0.2) is 4.68 Å². The van der Waals surface area contributed by atoms with Gasteiger partial charge in [0.25, 0.3) is 0 Å². The molecule has 6 nitrogen and oxygen atoms in total. The van der Waals surface area contributed by atoms with E-state index in [4.69, 9.17) is 5.73 Å². The molecule has 119 valence electrons. The van der Waals surface area contributed by atoms with Crippen LogP contribution < -0.4 is 5.73 Å². The van der Waals surface area contributed by atoms with Crippen LogP contribution in [0.25, 0.3) is 0 Å². The van der Waals surface area contributed by atoms with Crippen LogP contribution in [-0.2, 0) is 4.79 Å². The quantitative estimate of drug-likeness (QED) is 0.836. The number of primary amides is 1. The zero-order chi connectivity index (χ0) is 15.9. The summed E-state index contributed by atoms with van der Waals surface area (Å²) in [6.07, 6.45) is 9.83. The van der Waals surface area contributed by atoms with Crippen molar-refractivity contribution >= 4 is 5.91 Å². The molecule has 6 heteroatoms. The second kappa shape index (κ2) is 7.92. The fraction of sp³-hybridized carbons (Fsp3) is 0.688. The molecule has 0 aliphatic heterocycles. The maximum Gasteiger partial charge on any atom is 0.231 e. The number of nitrogens with two attached hydrogens (primary N) is 1. The first kappa shape index (κ1) is 16.5. The van der Waals surface area contributed by atoms with Crippen LogP contribution in [0.1, 0.15) is 70.0 Å². The van der Waals surface area contributed by atoms with E-state index in [1.807, 2.05) is 0 Å². The summed E-state index contributed by atoms with van der Waals surface area (Å²) >= 11 is 0. The Hall–Kier alpha value is -1.90. The molecule has 1 aliphatic carbocycles. The summed E-state index contributed by atoms with van der Waals surface area (Å²) in [6.45, 7) is 2.09. The van der Waals surface area contributed by atoms with Crippen molar-refractivity contribution in [3.8, 4) is 6.07 Å². The van der Waals surface area contributed by atoms with E-state index >= 15 is 0 Å². The Balaban J connectivity index is 2.16. The van der Waals surface area contributed by atoms with Crippen molar-refractivity contribution in [1.82, 2.24) is 15.0 Å². The highest BCUT2D eigenvalue weighted by Gasteiger charge is 2.33. The average molecular weight is 302 g/mol. The Morgan fingerprint density at radius 3 is 2.82 bits per heavy atom. The number of amides is 1. The number of rotatable bonds is 7. The summed E-state index contributed by atoms with van der Waals surface area (Å²) in [5.41, 5.74) is 6.12. The van der Waals surface area contributed by atoms with E-state index in [0.717, 1.165) is 44.9 Å². The van der Waals surface area contributed by atoms with Crippen LogP contribution in [0, 0.1) is 23.2 Å². The number of nitrogens with zero attached hydrogens (tertiary/aromatic N) is 4. The lowest BCUT2D eigenvalue weighted by Crippen LogP contribution is -2.30. The lowest BCUT2D eigenvalue weighted by atomic mass is 9.78. The maximum absolute atomic E-state index is 11.9. The SMILES string of the molecule is CCCC[C@@H](C#N)n1cc([C](C(N)=O)C2CCCCC2)nn1. The summed E-state index contributed by atoms with van der Waals surface area (Å²) in [6, 6.07) is 1.92. The Bertz CT molecular complexity index is 527. The number of carbonyl (C=O) groups excluding carboxylic acids is 1. The summed E-state index contributed by atoms with van der Waals surface area (Å²) in [5, 5.41) is 17.4. The molecular weight excluding hydrogens is 278 g/mol. The minimum Gasteiger partial charge on any atom is -0.369 e. The van der Waals surface area contributed by atoms with Crippen LogP contribution in [0.2, 0.25) is 0 Å². The van der Waals surface area contributed by atoms with E-state index < -0.39 is 5.91 Å². The van der Waals surface area contributed by atoms with Crippen LogP contribution in [0.4, 0.5) is 0 Å². The first-order valence-corrected chi connectivity index (χ1v) is 8.15. The zero-order valence-electron chi connectivity index (χ0n) is 13.2. The number of hydrogen-bond donors (Lipinski definition) is 1. The molecule has 1 aliphatic rings. The second-order valence-electron chi connectivity index (χ2n) is 5.98.